The average molecular weight is 448 g/mol. The summed E-state index contributed by atoms with van der Waals surface area (Å²) < 4.78 is 72.7. The van der Waals surface area contributed by atoms with Gasteiger partial charge in [-0.15, -0.1) is 10.2 Å². The Kier molecular flexibility index (Phi) is 4.48. The highest BCUT2D eigenvalue weighted by Crippen LogP contribution is 2.44. The first-order valence-corrected chi connectivity index (χ1v) is 9.18. The number of halogens is 6. The van der Waals surface area contributed by atoms with Crippen LogP contribution in [0.4, 0.5) is 22.0 Å². The van der Waals surface area contributed by atoms with Crippen molar-refractivity contribution in [3.63, 3.8) is 0 Å². The van der Waals surface area contributed by atoms with Gasteiger partial charge < -0.3 is 14.2 Å². The molecule has 0 amide bonds. The number of aliphatic hydroxyl groups is 1. The van der Waals surface area contributed by atoms with E-state index in [-0.39, 0.29) is 23.1 Å². The highest BCUT2D eigenvalue weighted by Gasteiger charge is 2.55. The van der Waals surface area contributed by atoms with Crippen LogP contribution < -0.4 is 0 Å². The summed E-state index contributed by atoms with van der Waals surface area (Å²) in [4.78, 5) is 3.73. The number of hydrogen-bond donors (Lipinski definition) is 1. The highest BCUT2D eigenvalue weighted by molar-refractivity contribution is 6.31. The average Bonchev–Trinajstić information content (AvgIpc) is 3.25. The summed E-state index contributed by atoms with van der Waals surface area (Å²) in [5.74, 6) is -5.00. The summed E-state index contributed by atoms with van der Waals surface area (Å²) in [6.45, 7) is 1.97. The van der Waals surface area contributed by atoms with Gasteiger partial charge in [0.25, 0.3) is 0 Å². The Morgan fingerprint density at radius 3 is 2.40 bits per heavy atom. The number of fused-ring (bicyclic) bond motifs is 3. The van der Waals surface area contributed by atoms with Crippen LogP contribution in [0.1, 0.15) is 37.1 Å². The van der Waals surface area contributed by atoms with Crippen molar-refractivity contribution in [2.75, 3.05) is 0 Å². The molecule has 0 bridgehead atoms. The van der Waals surface area contributed by atoms with Gasteiger partial charge in [0.05, 0.1) is 17.3 Å². The van der Waals surface area contributed by atoms with Gasteiger partial charge in [0.15, 0.2) is 11.6 Å². The minimum Gasteiger partial charge on any atom is -0.374 e. The van der Waals surface area contributed by atoms with Crippen molar-refractivity contribution in [1.29, 1.82) is 0 Å². The molecule has 4 rings (SSSR count). The molecule has 0 spiro atoms. The van der Waals surface area contributed by atoms with Gasteiger partial charge in [-0.1, -0.05) is 29.8 Å². The Hall–Kier alpha value is -2.53. The normalized spacial score (nSPS) is 18.6. The molecule has 6 nitrogen and oxygen atoms in total. The molecule has 0 aliphatic carbocycles. The summed E-state index contributed by atoms with van der Waals surface area (Å²) in [6.07, 6.45) is -3.93. The SMILES string of the molecule is C[C@H]1Cn2c(nnc2C(F)(F)c2ccccc2Cl)-c2cnc([C@@](C)(O)C(F)(F)F)n21. The maximum Gasteiger partial charge on any atom is 0.424 e. The fourth-order valence-corrected chi connectivity index (χ4v) is 3.79. The first-order valence-electron chi connectivity index (χ1n) is 8.81. The van der Waals surface area contributed by atoms with Crippen LogP contribution in [0.2, 0.25) is 5.02 Å². The van der Waals surface area contributed by atoms with Crippen LogP contribution in [-0.2, 0) is 18.1 Å². The number of imidazole rings is 1. The second-order valence-electron chi connectivity index (χ2n) is 7.27. The third-order valence-corrected chi connectivity index (χ3v) is 5.47. The van der Waals surface area contributed by atoms with E-state index in [0.717, 1.165) is 15.3 Å². The van der Waals surface area contributed by atoms with Crippen LogP contribution in [0.5, 0.6) is 0 Å². The number of rotatable bonds is 3. The van der Waals surface area contributed by atoms with E-state index < -0.39 is 41.0 Å². The minimum absolute atomic E-state index is 0.0435. The number of benzene rings is 1. The Morgan fingerprint density at radius 2 is 1.77 bits per heavy atom. The van der Waals surface area contributed by atoms with Crippen LogP contribution >= 0.6 is 11.6 Å². The van der Waals surface area contributed by atoms with Gasteiger partial charge in [-0.05, 0) is 19.9 Å². The van der Waals surface area contributed by atoms with Gasteiger partial charge >= 0.3 is 12.1 Å². The summed E-state index contributed by atoms with van der Waals surface area (Å²) in [5.41, 5.74) is -3.65. The van der Waals surface area contributed by atoms with Crippen molar-refractivity contribution in [3.05, 3.63) is 52.7 Å². The molecule has 2 atom stereocenters. The zero-order valence-corrected chi connectivity index (χ0v) is 16.4. The van der Waals surface area contributed by atoms with Crippen LogP contribution in [0.15, 0.2) is 30.5 Å². The van der Waals surface area contributed by atoms with E-state index in [9.17, 15) is 18.3 Å². The first kappa shape index (κ1) is 20.7. The molecule has 0 radical (unpaired) electrons. The van der Waals surface area contributed by atoms with Crippen LogP contribution in [0.25, 0.3) is 11.5 Å². The quantitative estimate of drug-likeness (QED) is 0.608. The molecule has 1 aromatic carbocycles. The molecule has 0 saturated heterocycles. The van der Waals surface area contributed by atoms with Crippen molar-refractivity contribution >= 4 is 11.6 Å². The predicted octanol–water partition coefficient (Wildman–Crippen LogP) is 4.28. The molecule has 1 aliphatic rings. The molecule has 0 unspecified atom stereocenters. The van der Waals surface area contributed by atoms with Gasteiger partial charge in [0.2, 0.25) is 11.4 Å². The Bertz CT molecular complexity index is 1120. The number of aromatic nitrogens is 5. The molecule has 160 valence electrons. The topological polar surface area (TPSA) is 68.8 Å². The number of hydrogen-bond acceptors (Lipinski definition) is 4. The largest absolute Gasteiger partial charge is 0.424 e. The van der Waals surface area contributed by atoms with E-state index in [1.165, 1.54) is 31.2 Å². The van der Waals surface area contributed by atoms with Crippen LogP contribution in [-0.4, -0.2) is 35.6 Å². The highest BCUT2D eigenvalue weighted by atomic mass is 35.5. The Balaban J connectivity index is 1.86. The fraction of sp³-hybridized carbons (Fsp3) is 0.389. The van der Waals surface area contributed by atoms with E-state index in [0.29, 0.717) is 6.92 Å². The van der Waals surface area contributed by atoms with E-state index in [2.05, 4.69) is 15.2 Å². The second-order valence-corrected chi connectivity index (χ2v) is 7.68. The molecule has 3 heterocycles. The van der Waals surface area contributed by atoms with E-state index in [4.69, 9.17) is 11.6 Å². The van der Waals surface area contributed by atoms with Crippen molar-refractivity contribution in [2.24, 2.45) is 0 Å². The van der Waals surface area contributed by atoms with Gasteiger partial charge in [-0.25, -0.2) is 4.98 Å². The molecule has 0 saturated carbocycles. The molecule has 1 aliphatic heterocycles. The molecular weight excluding hydrogens is 433 g/mol. The summed E-state index contributed by atoms with van der Waals surface area (Å²) in [6, 6.07) is 4.66. The lowest BCUT2D eigenvalue weighted by atomic mass is 10.0. The second kappa shape index (κ2) is 6.48. The molecule has 2 aromatic heterocycles. The number of nitrogens with zero attached hydrogens (tertiary/aromatic N) is 5. The first-order chi connectivity index (χ1) is 13.9. The molecule has 3 aromatic rings. The standard InChI is InChI=1S/C18H15ClF5N5O/c1-9-8-28-13(12-7-25-14(29(9)12)16(2,30)18(22,23)24)26-27-15(28)17(20,21)10-5-3-4-6-11(10)19/h3-7,9,30H,8H2,1-2H3/t9-,16+/m0/s1. The smallest absolute Gasteiger partial charge is 0.374 e. The van der Waals surface area contributed by atoms with Gasteiger partial charge in [0.1, 0.15) is 5.69 Å². The van der Waals surface area contributed by atoms with E-state index in [1.54, 1.807) is 0 Å². The van der Waals surface area contributed by atoms with Gasteiger partial charge in [-0.2, -0.15) is 22.0 Å². The molecular formula is C18H15ClF5N5O. The minimum atomic E-state index is -4.98. The lowest BCUT2D eigenvalue weighted by Gasteiger charge is -2.32. The number of alkyl halides is 5. The lowest BCUT2D eigenvalue weighted by Crippen LogP contribution is -2.43. The molecule has 12 heteroatoms. The third-order valence-electron chi connectivity index (χ3n) is 5.14. The summed E-state index contributed by atoms with van der Waals surface area (Å²) in [5, 5.41) is 17.3. The molecule has 30 heavy (non-hydrogen) atoms. The van der Waals surface area contributed by atoms with Crippen LogP contribution in [0.3, 0.4) is 0 Å². The van der Waals surface area contributed by atoms with E-state index in [1.807, 2.05) is 0 Å². The van der Waals surface area contributed by atoms with Gasteiger partial charge in [-0.3, -0.25) is 0 Å². The predicted molar refractivity (Wildman–Crippen MR) is 96.0 cm³/mol. The maximum absolute atomic E-state index is 15.2. The zero-order chi connectivity index (χ0) is 22.1. The van der Waals surface area contributed by atoms with Crippen molar-refractivity contribution in [3.8, 4) is 11.5 Å². The molecule has 1 N–H and O–H groups in total. The third kappa shape index (κ3) is 2.83. The Labute approximate surface area is 171 Å². The lowest BCUT2D eigenvalue weighted by molar-refractivity contribution is -0.262. The van der Waals surface area contributed by atoms with Crippen molar-refractivity contribution in [1.82, 2.24) is 24.3 Å². The summed E-state index contributed by atoms with van der Waals surface area (Å²) >= 11 is 5.93. The van der Waals surface area contributed by atoms with Crippen molar-refractivity contribution < 1.29 is 27.1 Å². The summed E-state index contributed by atoms with van der Waals surface area (Å²) in [7, 11) is 0. The zero-order valence-electron chi connectivity index (χ0n) is 15.6. The fourth-order valence-electron chi connectivity index (χ4n) is 3.54. The van der Waals surface area contributed by atoms with Crippen molar-refractivity contribution in [2.45, 2.75) is 44.1 Å². The van der Waals surface area contributed by atoms with Crippen LogP contribution in [0, 0.1) is 0 Å². The van der Waals surface area contributed by atoms with Gasteiger partial charge in [0, 0.05) is 12.1 Å². The monoisotopic (exact) mass is 447 g/mol. The Morgan fingerprint density at radius 1 is 1.10 bits per heavy atom. The molecule has 0 fully saturated rings. The maximum atomic E-state index is 15.2. The van der Waals surface area contributed by atoms with E-state index >= 15 is 8.78 Å².